The van der Waals surface area contributed by atoms with Crippen LogP contribution in [0.15, 0.2) is 35.1 Å². The highest BCUT2D eigenvalue weighted by Crippen LogP contribution is 2.34. The lowest BCUT2D eigenvalue weighted by molar-refractivity contribution is 0.117. The number of benzene rings is 1. The zero-order valence-corrected chi connectivity index (χ0v) is 15.5. The van der Waals surface area contributed by atoms with E-state index in [4.69, 9.17) is 9.47 Å². The highest BCUT2D eigenvalue weighted by Gasteiger charge is 2.23. The lowest BCUT2D eigenvalue weighted by atomic mass is 10.1. The van der Waals surface area contributed by atoms with Crippen molar-refractivity contribution in [3.8, 4) is 11.5 Å². The average Bonchev–Trinajstić information content (AvgIpc) is 3.43. The van der Waals surface area contributed by atoms with Crippen molar-refractivity contribution < 1.29 is 14.7 Å². The summed E-state index contributed by atoms with van der Waals surface area (Å²) in [7, 11) is 1.62. The van der Waals surface area contributed by atoms with Crippen LogP contribution in [-0.4, -0.2) is 23.5 Å². The minimum Gasteiger partial charge on any atom is -0.493 e. The van der Waals surface area contributed by atoms with Gasteiger partial charge in [0, 0.05) is 30.1 Å². The highest BCUT2D eigenvalue weighted by atomic mass is 16.5. The van der Waals surface area contributed by atoms with E-state index in [1.807, 2.05) is 36.6 Å². The van der Waals surface area contributed by atoms with Gasteiger partial charge in [-0.3, -0.25) is 4.79 Å². The van der Waals surface area contributed by atoms with Gasteiger partial charge in [0.2, 0.25) is 0 Å². The van der Waals surface area contributed by atoms with Gasteiger partial charge < -0.3 is 19.2 Å². The monoisotopic (exact) mass is 358 g/mol. The zero-order valence-electron chi connectivity index (χ0n) is 15.5. The van der Waals surface area contributed by atoms with Gasteiger partial charge in [0.1, 0.15) is 0 Å². The molecule has 6 nitrogen and oxygen atoms in total. The molecule has 1 unspecified atom stereocenters. The Hall–Kier alpha value is -2.31. The maximum absolute atomic E-state index is 11.6. The number of hydrogen-bond donors (Lipinski definition) is 2. The van der Waals surface area contributed by atoms with Crippen molar-refractivity contribution >= 4 is 0 Å². The molecule has 0 bridgehead atoms. The number of hydrogen-bond acceptors (Lipinski definition) is 5. The summed E-state index contributed by atoms with van der Waals surface area (Å²) >= 11 is 0. The fraction of sp³-hybridized carbons (Fsp3) is 0.450. The summed E-state index contributed by atoms with van der Waals surface area (Å²) in [5, 5.41) is 9.73. The van der Waals surface area contributed by atoms with Crippen molar-refractivity contribution in [3.63, 3.8) is 0 Å². The third-order valence-electron chi connectivity index (χ3n) is 4.84. The number of methoxy groups -OCH3 is 1. The molecule has 1 aliphatic rings. The van der Waals surface area contributed by atoms with E-state index in [1.54, 1.807) is 19.2 Å². The number of pyridine rings is 1. The van der Waals surface area contributed by atoms with Crippen LogP contribution < -0.4 is 20.4 Å². The van der Waals surface area contributed by atoms with Gasteiger partial charge in [0.25, 0.3) is 0 Å². The van der Waals surface area contributed by atoms with Crippen molar-refractivity contribution in [2.45, 2.75) is 39.3 Å². The number of nitrogens with zero attached hydrogens (tertiary/aromatic N) is 1. The molecule has 6 heteroatoms. The standard InChI is InChI=1S/C20H26N2O4/c1-13-8-17(23)9-14(2)22(13)11-18(21-24)16-6-7-19(25-3)20(10-16)26-12-15-4-5-15/h6-10,15,18,21,24H,4-5,11-12H2,1-3H3. The Bertz CT molecular complexity index is 801. The fourth-order valence-electron chi connectivity index (χ4n) is 3.09. The minimum absolute atomic E-state index is 0.00929. The molecule has 0 saturated heterocycles. The Morgan fingerprint density at radius 3 is 2.46 bits per heavy atom. The Morgan fingerprint density at radius 2 is 1.88 bits per heavy atom. The van der Waals surface area contributed by atoms with E-state index in [-0.39, 0.29) is 11.5 Å². The summed E-state index contributed by atoms with van der Waals surface area (Å²) in [6, 6.07) is 8.52. The first kappa shape index (κ1) is 18.5. The third-order valence-corrected chi connectivity index (χ3v) is 4.84. The highest BCUT2D eigenvalue weighted by molar-refractivity contribution is 5.44. The van der Waals surface area contributed by atoms with E-state index in [1.165, 1.54) is 12.8 Å². The number of nitrogens with one attached hydrogen (secondary N) is 1. The Labute approximate surface area is 153 Å². The maximum atomic E-state index is 11.6. The molecule has 1 heterocycles. The molecule has 3 rings (SSSR count). The summed E-state index contributed by atoms with van der Waals surface area (Å²) in [4.78, 5) is 11.6. The summed E-state index contributed by atoms with van der Waals surface area (Å²) in [6.07, 6.45) is 2.43. The molecule has 0 amide bonds. The smallest absolute Gasteiger partial charge is 0.182 e. The lowest BCUT2D eigenvalue weighted by Crippen LogP contribution is -2.25. The number of aromatic nitrogens is 1. The van der Waals surface area contributed by atoms with Gasteiger partial charge >= 0.3 is 0 Å². The first-order chi connectivity index (χ1) is 12.5. The minimum atomic E-state index is -0.343. The van der Waals surface area contributed by atoms with Crippen LogP contribution in [0.25, 0.3) is 0 Å². The number of ether oxygens (including phenoxy) is 2. The van der Waals surface area contributed by atoms with Crippen molar-refractivity contribution in [2.24, 2.45) is 5.92 Å². The molecule has 1 aromatic heterocycles. The zero-order chi connectivity index (χ0) is 18.7. The van der Waals surface area contributed by atoms with E-state index >= 15 is 0 Å². The Kier molecular flexibility index (Phi) is 5.64. The molecule has 0 spiro atoms. The molecule has 0 radical (unpaired) electrons. The third kappa shape index (κ3) is 4.26. The first-order valence-electron chi connectivity index (χ1n) is 8.90. The van der Waals surface area contributed by atoms with Crippen molar-refractivity contribution in [1.82, 2.24) is 10.0 Å². The SMILES string of the molecule is COc1ccc(C(Cn2c(C)cc(=O)cc2C)NO)cc1OCC1CC1. The van der Waals surface area contributed by atoms with Crippen LogP contribution >= 0.6 is 0 Å². The van der Waals surface area contributed by atoms with E-state index in [0.29, 0.717) is 30.6 Å². The van der Waals surface area contributed by atoms with Crippen LogP contribution in [-0.2, 0) is 6.54 Å². The van der Waals surface area contributed by atoms with E-state index in [0.717, 1.165) is 17.0 Å². The van der Waals surface area contributed by atoms with Crippen LogP contribution in [0.5, 0.6) is 11.5 Å². The maximum Gasteiger partial charge on any atom is 0.182 e. The van der Waals surface area contributed by atoms with Crippen LogP contribution in [0.2, 0.25) is 0 Å². The van der Waals surface area contributed by atoms with E-state index in [2.05, 4.69) is 5.48 Å². The molecule has 1 aliphatic carbocycles. The van der Waals surface area contributed by atoms with Crippen LogP contribution in [0.3, 0.4) is 0 Å². The van der Waals surface area contributed by atoms with Crippen molar-refractivity contribution in [1.29, 1.82) is 0 Å². The molecule has 0 aliphatic heterocycles. The Morgan fingerprint density at radius 1 is 1.19 bits per heavy atom. The van der Waals surface area contributed by atoms with Crippen LogP contribution in [0.1, 0.15) is 35.8 Å². The van der Waals surface area contributed by atoms with Gasteiger partial charge in [0.15, 0.2) is 16.9 Å². The molecule has 1 fully saturated rings. The topological polar surface area (TPSA) is 72.7 Å². The molecule has 1 atom stereocenters. The largest absolute Gasteiger partial charge is 0.493 e. The van der Waals surface area contributed by atoms with Gasteiger partial charge in [-0.05, 0) is 50.3 Å². The predicted octanol–water partition coefficient (Wildman–Crippen LogP) is 2.98. The van der Waals surface area contributed by atoms with E-state index in [9.17, 15) is 10.0 Å². The molecule has 26 heavy (non-hydrogen) atoms. The summed E-state index contributed by atoms with van der Waals surface area (Å²) in [6.45, 7) is 4.96. The normalized spacial score (nSPS) is 14.9. The molecular formula is C20H26N2O4. The van der Waals surface area contributed by atoms with Gasteiger partial charge in [-0.2, -0.15) is 5.48 Å². The average molecular weight is 358 g/mol. The number of aryl methyl sites for hydroxylation is 2. The van der Waals surface area contributed by atoms with Crippen molar-refractivity contribution in [2.75, 3.05) is 13.7 Å². The fourth-order valence-corrected chi connectivity index (χ4v) is 3.09. The van der Waals surface area contributed by atoms with Crippen molar-refractivity contribution in [3.05, 3.63) is 57.5 Å². The number of hydroxylamine groups is 1. The molecule has 2 aromatic rings. The van der Waals surface area contributed by atoms with Crippen LogP contribution in [0.4, 0.5) is 0 Å². The second-order valence-corrected chi connectivity index (χ2v) is 6.93. The predicted molar refractivity (Wildman–Crippen MR) is 99.1 cm³/mol. The van der Waals surface area contributed by atoms with Gasteiger partial charge in [-0.15, -0.1) is 0 Å². The lowest BCUT2D eigenvalue weighted by Gasteiger charge is -2.22. The molecule has 1 saturated carbocycles. The Balaban J connectivity index is 1.85. The second kappa shape index (κ2) is 7.93. The van der Waals surface area contributed by atoms with Gasteiger partial charge in [0.05, 0.1) is 19.8 Å². The van der Waals surface area contributed by atoms with Gasteiger partial charge in [-0.1, -0.05) is 6.07 Å². The molecule has 140 valence electrons. The quantitative estimate of drug-likeness (QED) is 0.710. The van der Waals surface area contributed by atoms with Crippen LogP contribution in [0, 0.1) is 19.8 Å². The molecule has 2 N–H and O–H groups in total. The summed E-state index contributed by atoms with van der Waals surface area (Å²) in [5.74, 6) is 2.01. The van der Waals surface area contributed by atoms with E-state index < -0.39 is 0 Å². The second-order valence-electron chi connectivity index (χ2n) is 6.93. The van der Waals surface area contributed by atoms with Gasteiger partial charge in [-0.25, -0.2) is 0 Å². The molecule has 1 aromatic carbocycles. The summed E-state index contributed by atoms with van der Waals surface area (Å²) < 4.78 is 13.3. The first-order valence-corrected chi connectivity index (χ1v) is 8.90. The number of rotatable bonds is 8. The molecular weight excluding hydrogens is 332 g/mol. The summed E-state index contributed by atoms with van der Waals surface area (Å²) in [5.41, 5.74) is 4.97.